The van der Waals surface area contributed by atoms with Gasteiger partial charge >= 0.3 is 0 Å². The van der Waals surface area contributed by atoms with Crippen LogP contribution in [0.15, 0.2) is 78.9 Å². The maximum absolute atomic E-state index is 13.3. The molecule has 0 aliphatic carbocycles. The van der Waals surface area contributed by atoms with Crippen LogP contribution in [0.4, 0.5) is 5.69 Å². The highest BCUT2D eigenvalue weighted by molar-refractivity contribution is 6.31. The molecule has 0 aliphatic heterocycles. The van der Waals surface area contributed by atoms with E-state index < -0.39 is 6.04 Å². The van der Waals surface area contributed by atoms with Gasteiger partial charge in [-0.2, -0.15) is 0 Å². The van der Waals surface area contributed by atoms with Crippen molar-refractivity contribution < 1.29 is 14.8 Å². The summed E-state index contributed by atoms with van der Waals surface area (Å²) < 4.78 is 5.65. The molecule has 29 heavy (non-hydrogen) atoms. The van der Waals surface area contributed by atoms with Crippen LogP contribution in [0.1, 0.15) is 37.1 Å². The average Bonchev–Trinajstić information content (AvgIpc) is 2.74. The summed E-state index contributed by atoms with van der Waals surface area (Å²) in [6.07, 6.45) is 0. The zero-order valence-corrected chi connectivity index (χ0v) is 17.4. The first kappa shape index (κ1) is 20.9. The highest BCUT2D eigenvalue weighted by atomic mass is 35.5. The molecular weight excluding hydrogens is 384 g/mol. The minimum absolute atomic E-state index is 0.00166. The fourth-order valence-electron chi connectivity index (χ4n) is 3.31. The zero-order chi connectivity index (χ0) is 20.6. The SMILES string of the molecule is CCOc1ccccc1NC(=O)[C@H]([NH2+][C@@H](C)c1ccccc1Cl)c1ccccc1. The number of rotatable bonds is 8. The van der Waals surface area contributed by atoms with Gasteiger partial charge in [0.25, 0.3) is 5.91 Å². The Morgan fingerprint density at radius 2 is 1.66 bits per heavy atom. The number of hydrogen-bond donors (Lipinski definition) is 2. The molecule has 1 amide bonds. The fourth-order valence-corrected chi connectivity index (χ4v) is 3.62. The van der Waals surface area contributed by atoms with Crippen molar-refractivity contribution >= 4 is 23.2 Å². The number of carbonyl (C=O) groups excluding carboxylic acids is 1. The Labute approximate surface area is 176 Å². The van der Waals surface area contributed by atoms with Crippen molar-refractivity contribution in [2.75, 3.05) is 11.9 Å². The molecular formula is C24H26ClN2O2+. The van der Waals surface area contributed by atoms with Crippen LogP contribution < -0.4 is 15.4 Å². The third-order valence-corrected chi connectivity index (χ3v) is 5.11. The number of anilines is 1. The Hall–Kier alpha value is -2.82. The van der Waals surface area contributed by atoms with E-state index in [0.29, 0.717) is 23.1 Å². The van der Waals surface area contributed by atoms with Crippen LogP contribution in [0.25, 0.3) is 0 Å². The lowest BCUT2D eigenvalue weighted by Gasteiger charge is -2.21. The largest absolute Gasteiger partial charge is 0.492 e. The van der Waals surface area contributed by atoms with Gasteiger partial charge in [0.1, 0.15) is 11.8 Å². The lowest BCUT2D eigenvalue weighted by molar-refractivity contribution is -0.718. The average molecular weight is 410 g/mol. The maximum Gasteiger partial charge on any atom is 0.287 e. The molecule has 3 N–H and O–H groups in total. The normalized spacial score (nSPS) is 12.8. The smallest absolute Gasteiger partial charge is 0.287 e. The van der Waals surface area contributed by atoms with Gasteiger partial charge in [0.05, 0.1) is 12.3 Å². The summed E-state index contributed by atoms with van der Waals surface area (Å²) in [6.45, 7) is 4.51. The van der Waals surface area contributed by atoms with E-state index in [0.717, 1.165) is 11.1 Å². The van der Waals surface area contributed by atoms with Gasteiger partial charge in [-0.25, -0.2) is 0 Å². The summed E-state index contributed by atoms with van der Waals surface area (Å²) in [6, 6.07) is 24.5. The highest BCUT2D eigenvalue weighted by Gasteiger charge is 2.28. The Morgan fingerprint density at radius 1 is 1.00 bits per heavy atom. The summed E-state index contributed by atoms with van der Waals surface area (Å²) >= 11 is 6.38. The third-order valence-electron chi connectivity index (χ3n) is 4.76. The first-order valence-electron chi connectivity index (χ1n) is 9.77. The fraction of sp³-hybridized carbons (Fsp3) is 0.208. The van der Waals surface area contributed by atoms with Gasteiger partial charge in [-0.05, 0) is 32.0 Å². The topological polar surface area (TPSA) is 54.9 Å². The lowest BCUT2D eigenvalue weighted by atomic mass is 10.0. The summed E-state index contributed by atoms with van der Waals surface area (Å²) in [4.78, 5) is 13.3. The number of halogens is 1. The molecule has 3 aromatic rings. The van der Waals surface area contributed by atoms with E-state index in [-0.39, 0.29) is 11.9 Å². The van der Waals surface area contributed by atoms with Gasteiger partial charge in [0.2, 0.25) is 0 Å². The van der Waals surface area contributed by atoms with Crippen molar-refractivity contribution in [3.05, 3.63) is 95.0 Å². The monoisotopic (exact) mass is 409 g/mol. The van der Waals surface area contributed by atoms with Crippen molar-refractivity contribution in [2.45, 2.75) is 25.9 Å². The molecule has 5 heteroatoms. The number of hydrogen-bond acceptors (Lipinski definition) is 2. The lowest BCUT2D eigenvalue weighted by Crippen LogP contribution is -2.87. The molecule has 150 valence electrons. The van der Waals surface area contributed by atoms with Gasteiger partial charge in [-0.15, -0.1) is 0 Å². The van der Waals surface area contributed by atoms with Crippen LogP contribution in [-0.2, 0) is 4.79 Å². The van der Waals surface area contributed by atoms with Gasteiger partial charge in [0, 0.05) is 16.1 Å². The van der Waals surface area contributed by atoms with Crippen molar-refractivity contribution in [1.82, 2.24) is 0 Å². The molecule has 2 atom stereocenters. The van der Waals surface area contributed by atoms with Crippen LogP contribution in [0, 0.1) is 0 Å². The number of amides is 1. The summed E-state index contributed by atoms with van der Waals surface area (Å²) in [5.74, 6) is 0.552. The number of nitrogens with one attached hydrogen (secondary N) is 1. The Kier molecular flexibility index (Phi) is 7.28. The van der Waals surface area contributed by atoms with E-state index in [2.05, 4.69) is 12.2 Å². The number of nitrogens with two attached hydrogens (primary N) is 1. The van der Waals surface area contributed by atoms with E-state index in [4.69, 9.17) is 16.3 Å². The standard InChI is InChI=1S/C24H25ClN2O2/c1-3-29-22-16-10-9-15-21(22)27-24(28)23(18-11-5-4-6-12-18)26-17(2)19-13-7-8-14-20(19)25/h4-17,23,26H,3H2,1-2H3,(H,27,28)/p+1/t17-,23+/m0/s1. The minimum atomic E-state index is -0.433. The van der Waals surface area contributed by atoms with E-state index >= 15 is 0 Å². The zero-order valence-electron chi connectivity index (χ0n) is 16.6. The maximum atomic E-state index is 13.3. The van der Waals surface area contributed by atoms with Crippen LogP contribution >= 0.6 is 11.6 Å². The predicted molar refractivity (Wildman–Crippen MR) is 117 cm³/mol. The Morgan fingerprint density at radius 3 is 2.38 bits per heavy atom. The second-order valence-corrected chi connectivity index (χ2v) is 7.22. The van der Waals surface area contributed by atoms with Crippen LogP contribution in [-0.4, -0.2) is 12.5 Å². The second-order valence-electron chi connectivity index (χ2n) is 6.81. The summed E-state index contributed by atoms with van der Waals surface area (Å²) in [5.41, 5.74) is 2.59. The first-order chi connectivity index (χ1) is 14.1. The van der Waals surface area contributed by atoms with Gasteiger partial charge < -0.3 is 15.4 Å². The van der Waals surface area contributed by atoms with Crippen molar-refractivity contribution in [2.24, 2.45) is 0 Å². The van der Waals surface area contributed by atoms with Crippen molar-refractivity contribution in [1.29, 1.82) is 0 Å². The van der Waals surface area contributed by atoms with E-state index in [1.807, 2.05) is 91.1 Å². The molecule has 0 spiro atoms. The number of ether oxygens (including phenoxy) is 1. The van der Waals surface area contributed by atoms with Gasteiger partial charge in [-0.1, -0.05) is 72.3 Å². The summed E-state index contributed by atoms with van der Waals surface area (Å²) in [5, 5.41) is 5.77. The van der Waals surface area contributed by atoms with E-state index in [1.54, 1.807) is 0 Å². The second kappa shape index (κ2) is 10.1. The van der Waals surface area contributed by atoms with Crippen molar-refractivity contribution in [3.8, 4) is 5.75 Å². The highest BCUT2D eigenvalue weighted by Crippen LogP contribution is 2.25. The molecule has 0 radical (unpaired) electrons. The molecule has 0 bridgehead atoms. The molecule has 0 aromatic heterocycles. The Bertz CT molecular complexity index is 946. The van der Waals surface area contributed by atoms with Crippen molar-refractivity contribution in [3.63, 3.8) is 0 Å². The van der Waals surface area contributed by atoms with Gasteiger partial charge in [-0.3, -0.25) is 4.79 Å². The van der Waals surface area contributed by atoms with Crippen LogP contribution in [0.3, 0.4) is 0 Å². The molecule has 0 heterocycles. The third kappa shape index (κ3) is 5.37. The minimum Gasteiger partial charge on any atom is -0.492 e. The quantitative estimate of drug-likeness (QED) is 0.564. The first-order valence-corrected chi connectivity index (χ1v) is 10.1. The molecule has 0 aliphatic rings. The van der Waals surface area contributed by atoms with Crippen LogP contribution in [0.5, 0.6) is 5.75 Å². The predicted octanol–water partition coefficient (Wildman–Crippen LogP) is 4.74. The number of quaternary nitrogens is 1. The van der Waals surface area contributed by atoms with Gasteiger partial charge in [0.15, 0.2) is 6.04 Å². The number of para-hydroxylation sites is 2. The number of carbonyl (C=O) groups is 1. The summed E-state index contributed by atoms with van der Waals surface area (Å²) in [7, 11) is 0. The van der Waals surface area contributed by atoms with E-state index in [9.17, 15) is 4.79 Å². The molecule has 0 unspecified atom stereocenters. The van der Waals surface area contributed by atoms with Crippen LogP contribution in [0.2, 0.25) is 5.02 Å². The molecule has 0 saturated heterocycles. The molecule has 0 fully saturated rings. The Balaban J connectivity index is 1.86. The molecule has 4 nitrogen and oxygen atoms in total. The molecule has 0 saturated carbocycles. The molecule has 3 rings (SSSR count). The van der Waals surface area contributed by atoms with E-state index in [1.165, 1.54) is 0 Å². The molecule has 3 aromatic carbocycles. The number of benzene rings is 3.